The van der Waals surface area contributed by atoms with Crippen LogP contribution in [0.4, 0.5) is 0 Å². The maximum absolute atomic E-state index is 13.7. The molecule has 5 rings (SSSR count). The minimum absolute atomic E-state index is 0.0735. The molecule has 1 amide bonds. The number of amides is 1. The van der Waals surface area contributed by atoms with E-state index in [0.29, 0.717) is 60.6 Å². The molecule has 0 spiro atoms. The number of aromatic nitrogens is 2. The van der Waals surface area contributed by atoms with Crippen LogP contribution in [0.5, 0.6) is 0 Å². The second-order valence-electron chi connectivity index (χ2n) is 9.33. The Morgan fingerprint density at radius 2 is 1.76 bits per heavy atom. The van der Waals surface area contributed by atoms with Gasteiger partial charge >= 0.3 is 5.97 Å². The molecule has 0 aliphatic carbocycles. The average molecular weight is 530 g/mol. The van der Waals surface area contributed by atoms with Crippen molar-refractivity contribution in [3.63, 3.8) is 0 Å². The number of hydrogen-bond donors (Lipinski definition) is 1. The molecule has 194 valence electrons. The van der Waals surface area contributed by atoms with E-state index in [1.165, 1.54) is 0 Å². The van der Waals surface area contributed by atoms with Crippen LogP contribution < -0.4 is 0 Å². The van der Waals surface area contributed by atoms with Crippen LogP contribution in [0, 0.1) is 0 Å². The predicted molar refractivity (Wildman–Crippen MR) is 146 cm³/mol. The molecular weight excluding hydrogens is 502 g/mol. The number of benzene rings is 3. The first kappa shape index (κ1) is 25.8. The van der Waals surface area contributed by atoms with Crippen molar-refractivity contribution in [3.05, 3.63) is 94.6 Å². The lowest BCUT2D eigenvalue weighted by Gasteiger charge is -2.36. The molecule has 2 heterocycles. The van der Waals surface area contributed by atoms with Gasteiger partial charge in [-0.25, -0.2) is 9.97 Å². The van der Waals surface area contributed by atoms with Gasteiger partial charge in [0.05, 0.1) is 41.7 Å². The fraction of sp³-hybridized carbons (Fsp3) is 0.267. The number of carbonyl (C=O) groups excluding carboxylic acids is 1. The molecule has 3 aromatic carbocycles. The number of ether oxygens (including phenoxy) is 1. The second-order valence-corrected chi connectivity index (χ2v) is 9.77. The van der Waals surface area contributed by atoms with Gasteiger partial charge in [0, 0.05) is 29.1 Å². The van der Waals surface area contributed by atoms with E-state index in [2.05, 4.69) is 0 Å². The van der Waals surface area contributed by atoms with Crippen LogP contribution in [0.3, 0.4) is 0 Å². The monoisotopic (exact) mass is 529 g/mol. The molecule has 0 bridgehead atoms. The van der Waals surface area contributed by atoms with Gasteiger partial charge in [-0.3, -0.25) is 9.59 Å². The number of fused-ring (bicyclic) bond motifs is 1. The fourth-order valence-corrected chi connectivity index (χ4v) is 4.90. The number of halogens is 1. The van der Waals surface area contributed by atoms with Crippen molar-refractivity contribution in [3.8, 4) is 11.3 Å². The Morgan fingerprint density at radius 1 is 0.974 bits per heavy atom. The van der Waals surface area contributed by atoms with Gasteiger partial charge in [0.1, 0.15) is 0 Å². The Bertz CT molecular complexity index is 1440. The largest absolute Gasteiger partial charge is 0.481 e. The van der Waals surface area contributed by atoms with Crippen LogP contribution in [0.1, 0.15) is 46.9 Å². The summed E-state index contributed by atoms with van der Waals surface area (Å²) < 4.78 is 5.70. The van der Waals surface area contributed by atoms with Crippen LogP contribution in [0.25, 0.3) is 22.3 Å². The number of carbonyl (C=O) groups is 2. The molecule has 1 saturated heterocycles. The van der Waals surface area contributed by atoms with E-state index in [9.17, 15) is 9.59 Å². The molecule has 1 atom stereocenters. The number of rotatable bonds is 8. The lowest BCUT2D eigenvalue weighted by molar-refractivity contribution is -0.137. The second kappa shape index (κ2) is 11.7. The van der Waals surface area contributed by atoms with Crippen molar-refractivity contribution >= 4 is 34.5 Å². The van der Waals surface area contributed by atoms with Crippen molar-refractivity contribution in [1.29, 1.82) is 0 Å². The summed E-state index contributed by atoms with van der Waals surface area (Å²) in [5, 5.41) is 9.64. The number of carboxylic acids is 1. The van der Waals surface area contributed by atoms with E-state index in [1.54, 1.807) is 12.1 Å². The summed E-state index contributed by atoms with van der Waals surface area (Å²) in [4.78, 5) is 36.3. The summed E-state index contributed by atoms with van der Waals surface area (Å²) in [6.07, 6.45) is 1.90. The molecule has 38 heavy (non-hydrogen) atoms. The maximum atomic E-state index is 13.7. The van der Waals surface area contributed by atoms with E-state index in [-0.39, 0.29) is 18.4 Å². The molecule has 1 fully saturated rings. The van der Waals surface area contributed by atoms with E-state index in [4.69, 9.17) is 31.4 Å². The first-order valence-electron chi connectivity index (χ1n) is 12.7. The number of aryl methyl sites for hydroxylation is 1. The van der Waals surface area contributed by atoms with Crippen molar-refractivity contribution in [2.75, 3.05) is 19.8 Å². The number of carboxylic acid groups (broad SMARTS) is 1. The molecule has 1 aliphatic rings. The molecule has 1 aliphatic heterocycles. The van der Waals surface area contributed by atoms with Crippen LogP contribution in [0.2, 0.25) is 5.02 Å². The summed E-state index contributed by atoms with van der Waals surface area (Å²) in [5.74, 6) is -0.886. The van der Waals surface area contributed by atoms with E-state index < -0.39 is 5.97 Å². The van der Waals surface area contributed by atoms with Crippen LogP contribution in [0.15, 0.2) is 72.8 Å². The summed E-state index contributed by atoms with van der Waals surface area (Å²) in [6.45, 7) is 1.45. The van der Waals surface area contributed by atoms with E-state index >= 15 is 0 Å². The Kier molecular flexibility index (Phi) is 7.96. The minimum Gasteiger partial charge on any atom is -0.481 e. The number of unbranched alkanes of at least 4 members (excludes halogenated alkanes) is 1. The van der Waals surface area contributed by atoms with Crippen molar-refractivity contribution in [2.24, 2.45) is 0 Å². The first-order chi connectivity index (χ1) is 18.5. The zero-order valence-corrected chi connectivity index (χ0v) is 21.6. The van der Waals surface area contributed by atoms with E-state index in [0.717, 1.165) is 22.5 Å². The average Bonchev–Trinajstić information content (AvgIpc) is 2.95. The Balaban J connectivity index is 1.48. The lowest BCUT2D eigenvalue weighted by Crippen LogP contribution is -2.43. The summed E-state index contributed by atoms with van der Waals surface area (Å²) >= 11 is 6.09. The van der Waals surface area contributed by atoms with Gasteiger partial charge in [-0.15, -0.1) is 0 Å². The maximum Gasteiger partial charge on any atom is 0.303 e. The molecule has 8 heteroatoms. The molecule has 0 saturated carbocycles. The zero-order chi connectivity index (χ0) is 26.5. The molecular formula is C30H28ClN3O4. The molecule has 0 radical (unpaired) electrons. The third-order valence-corrected chi connectivity index (χ3v) is 6.98. The van der Waals surface area contributed by atoms with Crippen molar-refractivity contribution < 1.29 is 19.4 Å². The zero-order valence-electron chi connectivity index (χ0n) is 20.8. The molecule has 0 unspecified atom stereocenters. The third kappa shape index (κ3) is 5.85. The molecule has 7 nitrogen and oxygen atoms in total. The van der Waals surface area contributed by atoms with Crippen LogP contribution in [-0.2, 0) is 16.0 Å². The predicted octanol–water partition coefficient (Wildman–Crippen LogP) is 5.96. The number of nitrogens with zero attached hydrogens (tertiary/aromatic N) is 3. The number of hydrogen-bond acceptors (Lipinski definition) is 5. The van der Waals surface area contributed by atoms with Gasteiger partial charge in [-0.05, 0) is 55.2 Å². The van der Waals surface area contributed by atoms with Gasteiger partial charge in [-0.1, -0.05) is 54.1 Å². The highest BCUT2D eigenvalue weighted by atomic mass is 35.5. The Labute approximate surface area is 226 Å². The van der Waals surface area contributed by atoms with E-state index in [1.807, 2.05) is 65.6 Å². The standard InChI is InChI=1S/C30H28ClN3O4/c31-23-13-10-21(11-14-23)29-25(8-4-5-9-28(35)36)32-26-18-22(12-15-24(26)33-29)30(37)34-16-17-38-19-27(34)20-6-2-1-3-7-20/h1-3,6-7,10-15,18,27H,4-5,8-9,16-17,19H2,(H,35,36)/t27-/m0/s1. The van der Waals surface area contributed by atoms with Crippen LogP contribution in [-0.4, -0.2) is 51.6 Å². The van der Waals surface area contributed by atoms with Crippen molar-refractivity contribution in [1.82, 2.24) is 14.9 Å². The molecule has 1 aromatic heterocycles. The van der Waals surface area contributed by atoms with Gasteiger partial charge < -0.3 is 14.7 Å². The van der Waals surface area contributed by atoms with Gasteiger partial charge in [0.2, 0.25) is 0 Å². The summed E-state index contributed by atoms with van der Waals surface area (Å²) in [5.41, 5.74) is 5.29. The molecule has 4 aromatic rings. The van der Waals surface area contributed by atoms with Crippen molar-refractivity contribution in [2.45, 2.75) is 31.7 Å². The minimum atomic E-state index is -0.812. The van der Waals surface area contributed by atoms with Crippen LogP contribution >= 0.6 is 11.6 Å². The third-order valence-electron chi connectivity index (χ3n) is 6.73. The van der Waals surface area contributed by atoms with Gasteiger partial charge in [0.25, 0.3) is 5.91 Å². The number of aliphatic carboxylic acids is 1. The highest BCUT2D eigenvalue weighted by Gasteiger charge is 2.29. The SMILES string of the molecule is O=C(O)CCCCc1nc2cc(C(=O)N3CCOC[C@H]3c3ccccc3)ccc2nc1-c1ccc(Cl)cc1. The quantitative estimate of drug-likeness (QED) is 0.283. The summed E-state index contributed by atoms with van der Waals surface area (Å²) in [6, 6.07) is 22.6. The summed E-state index contributed by atoms with van der Waals surface area (Å²) in [7, 11) is 0. The van der Waals surface area contributed by atoms with Gasteiger partial charge in [0.15, 0.2) is 0 Å². The first-order valence-corrected chi connectivity index (χ1v) is 13.1. The highest BCUT2D eigenvalue weighted by molar-refractivity contribution is 6.30. The topological polar surface area (TPSA) is 92.6 Å². The molecule has 1 N–H and O–H groups in total. The Morgan fingerprint density at radius 3 is 2.53 bits per heavy atom. The normalized spacial score (nSPS) is 15.5. The lowest BCUT2D eigenvalue weighted by atomic mass is 10.0. The number of morpholine rings is 1. The fourth-order valence-electron chi connectivity index (χ4n) is 4.77. The Hall–Kier alpha value is -3.81. The smallest absolute Gasteiger partial charge is 0.303 e. The van der Waals surface area contributed by atoms with Gasteiger partial charge in [-0.2, -0.15) is 0 Å². The highest BCUT2D eigenvalue weighted by Crippen LogP contribution is 2.29.